The average molecular weight is 250 g/mol. The zero-order valence-corrected chi connectivity index (χ0v) is 10.0. The molecule has 0 bridgehead atoms. The minimum atomic E-state index is 0.0716. The van der Waals surface area contributed by atoms with Crippen LogP contribution in [0.25, 0.3) is 0 Å². The molecule has 0 N–H and O–H groups in total. The van der Waals surface area contributed by atoms with Crippen molar-refractivity contribution in [1.82, 2.24) is 0 Å². The number of amides is 1. The van der Waals surface area contributed by atoms with Crippen LogP contribution < -0.4 is 4.90 Å². The molecule has 0 aromatic heterocycles. The van der Waals surface area contributed by atoms with Crippen LogP contribution in [-0.2, 0) is 4.79 Å². The zero-order chi connectivity index (χ0) is 12.0. The summed E-state index contributed by atoms with van der Waals surface area (Å²) < 4.78 is 0. The molecule has 17 heavy (non-hydrogen) atoms. The molecule has 1 aliphatic carbocycles. The summed E-state index contributed by atoms with van der Waals surface area (Å²) in [6.07, 6.45) is 2.35. The van der Waals surface area contributed by atoms with E-state index in [1.165, 1.54) is 0 Å². The van der Waals surface area contributed by atoms with E-state index in [2.05, 4.69) is 0 Å². The normalized spacial score (nSPS) is 19.1. The molecular weight excluding hydrogens is 238 g/mol. The van der Waals surface area contributed by atoms with Crippen molar-refractivity contribution in [3.63, 3.8) is 0 Å². The molecule has 0 radical (unpaired) electrons. The van der Waals surface area contributed by atoms with Crippen LogP contribution in [0, 0.1) is 5.92 Å². The molecule has 0 saturated heterocycles. The molecule has 1 aliphatic heterocycles. The monoisotopic (exact) mass is 249 g/mol. The van der Waals surface area contributed by atoms with Crippen molar-refractivity contribution in [3.05, 3.63) is 28.8 Å². The van der Waals surface area contributed by atoms with Crippen molar-refractivity contribution in [1.29, 1.82) is 0 Å². The highest BCUT2D eigenvalue weighted by molar-refractivity contribution is 6.31. The summed E-state index contributed by atoms with van der Waals surface area (Å²) in [4.78, 5) is 25.6. The second-order valence-corrected chi connectivity index (χ2v) is 5.04. The van der Waals surface area contributed by atoms with Gasteiger partial charge < -0.3 is 4.90 Å². The topological polar surface area (TPSA) is 37.4 Å². The predicted octanol–water partition coefficient (Wildman–Crippen LogP) is 2.67. The number of halogens is 1. The Hall–Kier alpha value is -1.35. The number of hydrogen-bond donors (Lipinski definition) is 0. The summed E-state index contributed by atoms with van der Waals surface area (Å²) in [5, 5.41) is 0.540. The SMILES string of the molecule is O=C1CCN(C(=O)C2CC2)c2ccc(Cl)cc21. The third-order valence-electron chi connectivity index (χ3n) is 3.30. The van der Waals surface area contributed by atoms with Crippen LogP contribution in [0.2, 0.25) is 5.02 Å². The van der Waals surface area contributed by atoms with E-state index in [9.17, 15) is 9.59 Å². The maximum atomic E-state index is 12.1. The molecule has 4 heteroatoms. The van der Waals surface area contributed by atoms with Gasteiger partial charge in [0, 0.05) is 29.5 Å². The van der Waals surface area contributed by atoms with Gasteiger partial charge in [-0.1, -0.05) is 11.6 Å². The van der Waals surface area contributed by atoms with E-state index in [4.69, 9.17) is 11.6 Å². The van der Waals surface area contributed by atoms with Crippen LogP contribution >= 0.6 is 11.6 Å². The van der Waals surface area contributed by atoms with E-state index in [0.717, 1.165) is 18.5 Å². The Morgan fingerprint density at radius 2 is 2.12 bits per heavy atom. The van der Waals surface area contributed by atoms with Gasteiger partial charge in [0.2, 0.25) is 5.91 Å². The minimum absolute atomic E-state index is 0.0716. The fraction of sp³-hybridized carbons (Fsp3) is 0.385. The number of rotatable bonds is 1. The van der Waals surface area contributed by atoms with Crippen LogP contribution in [0.5, 0.6) is 0 Å². The third kappa shape index (κ3) is 1.84. The molecule has 1 fully saturated rings. The lowest BCUT2D eigenvalue weighted by molar-refractivity contribution is -0.119. The molecule has 88 valence electrons. The smallest absolute Gasteiger partial charge is 0.230 e. The molecule has 2 aliphatic rings. The molecule has 1 aromatic carbocycles. The second-order valence-electron chi connectivity index (χ2n) is 4.60. The lowest BCUT2D eigenvalue weighted by Crippen LogP contribution is -2.38. The zero-order valence-electron chi connectivity index (χ0n) is 9.28. The second kappa shape index (κ2) is 3.84. The number of fused-ring (bicyclic) bond motifs is 1. The first-order valence-electron chi connectivity index (χ1n) is 5.81. The van der Waals surface area contributed by atoms with Gasteiger partial charge in [-0.2, -0.15) is 0 Å². The average Bonchev–Trinajstić information content (AvgIpc) is 3.13. The molecule has 1 saturated carbocycles. The van der Waals surface area contributed by atoms with Crippen molar-refractivity contribution in [2.24, 2.45) is 5.92 Å². The molecule has 3 rings (SSSR count). The van der Waals surface area contributed by atoms with Crippen LogP contribution in [0.3, 0.4) is 0 Å². The summed E-state index contributed by atoms with van der Waals surface area (Å²) >= 11 is 5.89. The Balaban J connectivity index is 2.02. The van der Waals surface area contributed by atoms with Crippen molar-refractivity contribution >= 4 is 29.0 Å². The van der Waals surface area contributed by atoms with Crippen LogP contribution in [0.4, 0.5) is 5.69 Å². The predicted molar refractivity (Wildman–Crippen MR) is 65.5 cm³/mol. The Kier molecular flexibility index (Phi) is 2.44. The van der Waals surface area contributed by atoms with Crippen molar-refractivity contribution < 1.29 is 9.59 Å². The molecule has 0 unspecified atom stereocenters. The molecule has 0 spiro atoms. The van der Waals surface area contributed by atoms with Gasteiger partial charge in [-0.15, -0.1) is 0 Å². The van der Waals surface area contributed by atoms with Gasteiger partial charge >= 0.3 is 0 Å². The quantitative estimate of drug-likeness (QED) is 0.767. The Bertz CT molecular complexity index is 508. The molecule has 0 atom stereocenters. The maximum Gasteiger partial charge on any atom is 0.230 e. The first-order valence-corrected chi connectivity index (χ1v) is 6.19. The van der Waals surface area contributed by atoms with E-state index in [0.29, 0.717) is 23.6 Å². The standard InChI is InChI=1S/C13H12ClNO2/c14-9-3-4-11-10(7-9)12(16)5-6-15(11)13(17)8-1-2-8/h3-4,7-8H,1-2,5-6H2. The lowest BCUT2D eigenvalue weighted by Gasteiger charge is -2.28. The number of ketones is 1. The number of hydrogen-bond acceptors (Lipinski definition) is 2. The van der Waals surface area contributed by atoms with E-state index in [-0.39, 0.29) is 17.6 Å². The van der Waals surface area contributed by atoms with Gasteiger partial charge in [0.1, 0.15) is 0 Å². The number of Topliss-reactive ketones (excluding diaryl/α,β-unsaturated/α-hetero) is 1. The molecule has 1 amide bonds. The van der Waals surface area contributed by atoms with E-state index in [1.54, 1.807) is 23.1 Å². The van der Waals surface area contributed by atoms with Gasteiger partial charge in [0.15, 0.2) is 5.78 Å². The highest BCUT2D eigenvalue weighted by Crippen LogP contribution is 2.36. The Labute approximate surface area is 104 Å². The number of benzene rings is 1. The van der Waals surface area contributed by atoms with Gasteiger partial charge in [0.25, 0.3) is 0 Å². The van der Waals surface area contributed by atoms with Crippen LogP contribution in [0.1, 0.15) is 29.6 Å². The van der Waals surface area contributed by atoms with Crippen molar-refractivity contribution in [2.45, 2.75) is 19.3 Å². The van der Waals surface area contributed by atoms with Gasteiger partial charge in [0.05, 0.1) is 5.69 Å². The number of carbonyl (C=O) groups excluding carboxylic acids is 2. The Morgan fingerprint density at radius 1 is 1.35 bits per heavy atom. The molecular formula is C13H12ClNO2. The summed E-state index contributed by atoms with van der Waals surface area (Å²) in [5.74, 6) is 0.398. The van der Waals surface area contributed by atoms with Crippen LogP contribution in [-0.4, -0.2) is 18.2 Å². The number of nitrogens with zero attached hydrogens (tertiary/aromatic N) is 1. The summed E-state index contributed by atoms with van der Waals surface area (Å²) in [6.45, 7) is 0.503. The van der Waals surface area contributed by atoms with E-state index >= 15 is 0 Å². The molecule has 1 heterocycles. The van der Waals surface area contributed by atoms with Gasteiger partial charge in [-0.05, 0) is 31.0 Å². The summed E-state index contributed by atoms with van der Waals surface area (Å²) in [5.41, 5.74) is 1.31. The summed E-state index contributed by atoms with van der Waals surface area (Å²) in [6, 6.07) is 5.16. The largest absolute Gasteiger partial charge is 0.311 e. The first kappa shape index (κ1) is 10.8. The lowest BCUT2D eigenvalue weighted by atomic mass is 10.00. The first-order chi connectivity index (χ1) is 8.16. The highest BCUT2D eigenvalue weighted by atomic mass is 35.5. The van der Waals surface area contributed by atoms with Crippen molar-refractivity contribution in [2.75, 3.05) is 11.4 Å². The molecule has 1 aromatic rings. The summed E-state index contributed by atoms with van der Waals surface area (Å²) in [7, 11) is 0. The fourth-order valence-electron chi connectivity index (χ4n) is 2.22. The maximum absolute atomic E-state index is 12.1. The number of anilines is 1. The Morgan fingerprint density at radius 3 is 2.82 bits per heavy atom. The van der Waals surface area contributed by atoms with E-state index < -0.39 is 0 Å². The van der Waals surface area contributed by atoms with Crippen molar-refractivity contribution in [3.8, 4) is 0 Å². The van der Waals surface area contributed by atoms with Gasteiger partial charge in [-0.3, -0.25) is 9.59 Å². The fourth-order valence-corrected chi connectivity index (χ4v) is 2.39. The van der Waals surface area contributed by atoms with Crippen LogP contribution in [0.15, 0.2) is 18.2 Å². The number of carbonyl (C=O) groups is 2. The van der Waals surface area contributed by atoms with Gasteiger partial charge in [-0.25, -0.2) is 0 Å². The highest BCUT2D eigenvalue weighted by Gasteiger charge is 2.36. The minimum Gasteiger partial charge on any atom is -0.311 e. The molecule has 3 nitrogen and oxygen atoms in total. The van der Waals surface area contributed by atoms with E-state index in [1.807, 2.05) is 0 Å². The third-order valence-corrected chi connectivity index (χ3v) is 3.54.